The Morgan fingerprint density at radius 2 is 2.06 bits per heavy atom. The van der Waals surface area contributed by atoms with E-state index in [4.69, 9.17) is 23.1 Å². The van der Waals surface area contributed by atoms with Crippen LogP contribution in [0.2, 0.25) is 5.02 Å². The first-order chi connectivity index (χ1) is 7.47. The van der Waals surface area contributed by atoms with E-state index in [1.54, 1.807) is 18.2 Å². The second-order valence-corrected chi connectivity index (χ2v) is 4.61. The van der Waals surface area contributed by atoms with Crippen molar-refractivity contribution in [2.24, 2.45) is 11.7 Å². The average Bonchev–Trinajstić information content (AvgIpc) is 2.29. The molecule has 0 saturated carbocycles. The van der Waals surface area contributed by atoms with E-state index in [9.17, 15) is 5.11 Å². The van der Waals surface area contributed by atoms with Gasteiger partial charge in [0.1, 0.15) is 0 Å². The van der Waals surface area contributed by atoms with Gasteiger partial charge in [-0.15, -0.1) is 0 Å². The maximum atomic E-state index is 10.0. The highest BCUT2D eigenvalue weighted by Gasteiger charge is 2.23. The molecule has 3 nitrogen and oxygen atoms in total. The zero-order valence-corrected chi connectivity index (χ0v) is 10.4. The van der Waals surface area contributed by atoms with Crippen LogP contribution in [0.5, 0.6) is 0 Å². The van der Waals surface area contributed by atoms with Gasteiger partial charge < -0.3 is 16.6 Å². The fourth-order valence-electron chi connectivity index (χ4n) is 1.61. The Hall–Kier alpha value is -0.770. The molecule has 4 heteroatoms. The summed E-state index contributed by atoms with van der Waals surface area (Å²) in [5.74, 6) is 0.133. The second kappa shape index (κ2) is 5.53. The van der Waals surface area contributed by atoms with Gasteiger partial charge in [-0.25, -0.2) is 0 Å². The van der Waals surface area contributed by atoms with E-state index in [0.29, 0.717) is 16.3 Å². The van der Waals surface area contributed by atoms with Crippen LogP contribution in [0.3, 0.4) is 0 Å². The van der Waals surface area contributed by atoms with Crippen LogP contribution in [0.4, 0.5) is 5.69 Å². The molecule has 0 aliphatic heterocycles. The molecule has 0 aliphatic rings. The summed E-state index contributed by atoms with van der Waals surface area (Å²) in [4.78, 5) is 0. The van der Waals surface area contributed by atoms with Crippen molar-refractivity contribution >= 4 is 17.3 Å². The number of benzene rings is 1. The second-order valence-electron chi connectivity index (χ2n) is 4.18. The molecule has 1 unspecified atom stereocenters. The van der Waals surface area contributed by atoms with Crippen LogP contribution in [-0.4, -0.2) is 11.2 Å². The summed E-state index contributed by atoms with van der Waals surface area (Å²) in [5, 5.41) is 10.6. The van der Waals surface area contributed by atoms with Gasteiger partial charge in [-0.05, 0) is 29.7 Å². The molecule has 0 aromatic heterocycles. The number of nitrogen functional groups attached to an aromatic ring is 1. The van der Waals surface area contributed by atoms with E-state index in [2.05, 4.69) is 0 Å². The van der Waals surface area contributed by atoms with Crippen molar-refractivity contribution in [1.29, 1.82) is 0 Å². The van der Waals surface area contributed by atoms with E-state index in [-0.39, 0.29) is 5.92 Å². The number of nitrogens with two attached hydrogens (primary N) is 2. The number of aliphatic hydroxyl groups is 1. The molecule has 1 aromatic carbocycles. The molecule has 16 heavy (non-hydrogen) atoms. The summed E-state index contributed by atoms with van der Waals surface area (Å²) in [6.07, 6.45) is 0.265. The highest BCUT2D eigenvalue weighted by molar-refractivity contribution is 6.30. The Balaban J connectivity index is 2.95. The van der Waals surface area contributed by atoms with Crippen LogP contribution >= 0.6 is 11.6 Å². The third-order valence-electron chi connectivity index (χ3n) is 3.00. The number of rotatable bonds is 4. The summed E-state index contributed by atoms with van der Waals surface area (Å²) < 4.78 is 0. The molecule has 1 rings (SSSR count). The van der Waals surface area contributed by atoms with E-state index >= 15 is 0 Å². The van der Waals surface area contributed by atoms with E-state index in [1.165, 1.54) is 0 Å². The van der Waals surface area contributed by atoms with Crippen molar-refractivity contribution in [2.75, 3.05) is 5.73 Å². The first-order valence-corrected chi connectivity index (χ1v) is 5.83. The minimum atomic E-state index is -0.606. The monoisotopic (exact) mass is 242 g/mol. The lowest BCUT2D eigenvalue weighted by Crippen LogP contribution is -2.32. The van der Waals surface area contributed by atoms with E-state index in [0.717, 1.165) is 6.42 Å². The molecule has 0 fully saturated rings. The predicted molar refractivity (Wildman–Crippen MR) is 68.3 cm³/mol. The molecule has 0 saturated heterocycles. The minimum Gasteiger partial charge on any atom is -0.398 e. The summed E-state index contributed by atoms with van der Waals surface area (Å²) in [6, 6.07) is 4.64. The minimum absolute atomic E-state index is 0.133. The maximum Gasteiger partial charge on any atom is 0.0758 e. The normalized spacial score (nSPS) is 16.8. The molecule has 0 aliphatic carbocycles. The standard InChI is InChI=1S/C12H19ClN2O/c1-3-7(2)12(16)11(15)9-6-8(13)4-5-10(9)14/h4-7,11-12,16H,3,14-15H2,1-2H3/t7?,11-,12+/m1/s1. The first kappa shape index (κ1) is 13.3. The third-order valence-corrected chi connectivity index (χ3v) is 3.24. The summed E-state index contributed by atoms with van der Waals surface area (Å²) in [5.41, 5.74) is 13.1. The largest absolute Gasteiger partial charge is 0.398 e. The molecule has 5 N–H and O–H groups in total. The lowest BCUT2D eigenvalue weighted by atomic mass is 9.91. The molecular weight excluding hydrogens is 224 g/mol. The third kappa shape index (κ3) is 2.88. The molecule has 3 atom stereocenters. The average molecular weight is 243 g/mol. The SMILES string of the molecule is CCC(C)[C@H](O)[C@H](N)c1cc(Cl)ccc1N. The van der Waals surface area contributed by atoms with Crippen LogP contribution in [0.1, 0.15) is 31.9 Å². The predicted octanol–water partition coefficient (Wildman–Crippen LogP) is 2.33. The van der Waals surface area contributed by atoms with Crippen molar-refractivity contribution in [3.05, 3.63) is 28.8 Å². The maximum absolute atomic E-state index is 10.0. The Kier molecular flexibility index (Phi) is 4.59. The number of halogens is 1. The number of anilines is 1. The zero-order valence-electron chi connectivity index (χ0n) is 9.65. The van der Waals surface area contributed by atoms with Crippen molar-refractivity contribution in [3.8, 4) is 0 Å². The Bertz CT molecular complexity index is 357. The van der Waals surface area contributed by atoms with Gasteiger partial charge in [-0.3, -0.25) is 0 Å². The first-order valence-electron chi connectivity index (χ1n) is 5.46. The molecule has 0 radical (unpaired) electrons. The van der Waals surface area contributed by atoms with E-state index in [1.807, 2.05) is 13.8 Å². The molecular formula is C12H19ClN2O. The fraction of sp³-hybridized carbons (Fsp3) is 0.500. The van der Waals surface area contributed by atoms with Gasteiger partial charge in [0.25, 0.3) is 0 Å². The van der Waals surface area contributed by atoms with Gasteiger partial charge in [0, 0.05) is 10.7 Å². The quantitative estimate of drug-likeness (QED) is 0.710. The number of aliphatic hydroxyl groups excluding tert-OH is 1. The lowest BCUT2D eigenvalue weighted by Gasteiger charge is -2.25. The molecule has 1 aromatic rings. The van der Waals surface area contributed by atoms with Gasteiger partial charge in [-0.2, -0.15) is 0 Å². The van der Waals surface area contributed by atoms with Gasteiger partial charge >= 0.3 is 0 Å². The molecule has 90 valence electrons. The van der Waals surface area contributed by atoms with Gasteiger partial charge in [0.15, 0.2) is 0 Å². The topological polar surface area (TPSA) is 72.3 Å². The summed E-state index contributed by atoms with van der Waals surface area (Å²) in [6.45, 7) is 3.98. The van der Waals surface area contributed by atoms with Crippen molar-refractivity contribution in [1.82, 2.24) is 0 Å². The smallest absolute Gasteiger partial charge is 0.0758 e. The number of hydrogen-bond acceptors (Lipinski definition) is 3. The highest BCUT2D eigenvalue weighted by atomic mass is 35.5. The fourth-order valence-corrected chi connectivity index (χ4v) is 1.79. The van der Waals surface area contributed by atoms with Crippen LogP contribution < -0.4 is 11.5 Å². The molecule has 0 amide bonds. The number of hydrogen-bond donors (Lipinski definition) is 3. The van der Waals surface area contributed by atoms with Gasteiger partial charge in [0.05, 0.1) is 12.1 Å². The highest BCUT2D eigenvalue weighted by Crippen LogP contribution is 2.28. The van der Waals surface area contributed by atoms with Crippen LogP contribution in [-0.2, 0) is 0 Å². The van der Waals surface area contributed by atoms with E-state index < -0.39 is 12.1 Å². The van der Waals surface area contributed by atoms with Crippen molar-refractivity contribution in [2.45, 2.75) is 32.4 Å². The van der Waals surface area contributed by atoms with Crippen LogP contribution in [0, 0.1) is 5.92 Å². The van der Waals surface area contributed by atoms with Crippen LogP contribution in [0.15, 0.2) is 18.2 Å². The lowest BCUT2D eigenvalue weighted by molar-refractivity contribution is 0.0882. The Morgan fingerprint density at radius 3 is 2.62 bits per heavy atom. The molecule has 0 bridgehead atoms. The Labute approximate surface area is 101 Å². The molecule has 0 heterocycles. The van der Waals surface area contributed by atoms with Gasteiger partial charge in [-0.1, -0.05) is 31.9 Å². The summed E-state index contributed by atoms with van der Waals surface area (Å²) in [7, 11) is 0. The zero-order chi connectivity index (χ0) is 12.3. The Morgan fingerprint density at radius 1 is 1.44 bits per heavy atom. The van der Waals surface area contributed by atoms with Crippen molar-refractivity contribution < 1.29 is 5.11 Å². The van der Waals surface area contributed by atoms with Crippen LogP contribution in [0.25, 0.3) is 0 Å². The molecule has 0 spiro atoms. The van der Waals surface area contributed by atoms with Gasteiger partial charge in [0.2, 0.25) is 0 Å². The van der Waals surface area contributed by atoms with Crippen molar-refractivity contribution in [3.63, 3.8) is 0 Å². The summed E-state index contributed by atoms with van der Waals surface area (Å²) >= 11 is 5.89.